The number of benzene rings is 1. The topological polar surface area (TPSA) is 156 Å². The van der Waals surface area contributed by atoms with E-state index in [1.165, 1.54) is 25.6 Å². The van der Waals surface area contributed by atoms with Gasteiger partial charge < -0.3 is 16.2 Å². The summed E-state index contributed by atoms with van der Waals surface area (Å²) in [6.45, 7) is -0.513. The highest BCUT2D eigenvalue weighted by molar-refractivity contribution is 7.89. The molecule has 0 heterocycles. The smallest absolute Gasteiger partial charge is 0.289 e. The average molecular weight is 443 g/mol. The van der Waals surface area contributed by atoms with Gasteiger partial charge in [0.25, 0.3) is 5.69 Å². The molecule has 0 unspecified atom stereocenters. The third kappa shape index (κ3) is 6.46. The number of nitrogens with two attached hydrogens (primary N) is 1. The fraction of sp³-hybridized carbons (Fsp3) is 0.632. The lowest BCUT2D eigenvalue weighted by molar-refractivity contribution is -0.387. The number of rotatable bonds is 10. The Morgan fingerprint density at radius 1 is 1.33 bits per heavy atom. The van der Waals surface area contributed by atoms with Gasteiger partial charge >= 0.3 is 0 Å². The molecule has 1 aromatic carbocycles. The quantitative estimate of drug-likeness (QED) is 0.360. The predicted molar refractivity (Wildman–Crippen MR) is 111 cm³/mol. The third-order valence-electron chi connectivity index (χ3n) is 5.38. The van der Waals surface area contributed by atoms with Gasteiger partial charge in [-0.15, -0.1) is 0 Å². The second kappa shape index (κ2) is 10.8. The lowest BCUT2D eigenvalue weighted by atomic mass is 9.85. The highest BCUT2D eigenvalue weighted by atomic mass is 32.2. The molecule has 0 saturated heterocycles. The number of carbonyl (C=O) groups excluding carboxylic acids is 1. The number of likely N-dealkylation sites (N-methyl/N-ethyl adjacent to an activating group) is 1. The molecule has 168 valence electrons. The lowest BCUT2D eigenvalue weighted by Crippen LogP contribution is -2.46. The van der Waals surface area contributed by atoms with Crippen LogP contribution in [-0.4, -0.2) is 60.9 Å². The van der Waals surface area contributed by atoms with Crippen molar-refractivity contribution in [3.05, 3.63) is 34.4 Å². The number of nitro groups is 1. The van der Waals surface area contributed by atoms with E-state index in [9.17, 15) is 28.4 Å². The van der Waals surface area contributed by atoms with E-state index in [-0.39, 0.29) is 19.0 Å². The Bertz CT molecular complexity index is 841. The summed E-state index contributed by atoms with van der Waals surface area (Å²) in [6, 6.07) is 4.33. The maximum absolute atomic E-state index is 12.7. The van der Waals surface area contributed by atoms with Crippen LogP contribution < -0.4 is 11.1 Å². The molecule has 4 N–H and O–H groups in total. The second-order valence-corrected chi connectivity index (χ2v) is 9.77. The summed E-state index contributed by atoms with van der Waals surface area (Å²) in [5.41, 5.74) is 5.42. The van der Waals surface area contributed by atoms with E-state index in [0.29, 0.717) is 12.3 Å². The minimum absolute atomic E-state index is 0.173. The Kier molecular flexibility index (Phi) is 8.71. The Balaban J connectivity index is 1.88. The van der Waals surface area contributed by atoms with Gasteiger partial charge in [-0.1, -0.05) is 44.2 Å². The van der Waals surface area contributed by atoms with Gasteiger partial charge in [-0.2, -0.15) is 4.31 Å². The molecule has 1 fully saturated rings. The SMILES string of the molecule is CN(C[C@H](O)CNC(=O)[C@@H](N)CC1CCCCC1)S(=O)(=O)c1ccccc1[N+](=O)[O-]. The number of nitro benzene ring substituents is 1. The predicted octanol–water partition coefficient (Wildman–Crippen LogP) is 0.990. The molecule has 1 aromatic rings. The first-order chi connectivity index (χ1) is 14.1. The van der Waals surface area contributed by atoms with Gasteiger partial charge in [-0.3, -0.25) is 14.9 Å². The molecule has 30 heavy (non-hydrogen) atoms. The number of amides is 1. The van der Waals surface area contributed by atoms with Crippen molar-refractivity contribution in [2.75, 3.05) is 20.1 Å². The highest BCUT2D eigenvalue weighted by Gasteiger charge is 2.30. The fourth-order valence-electron chi connectivity index (χ4n) is 3.69. The first-order valence-corrected chi connectivity index (χ1v) is 11.5. The molecule has 0 spiro atoms. The molecule has 10 nitrogen and oxygen atoms in total. The van der Waals surface area contributed by atoms with Crippen molar-refractivity contribution >= 4 is 21.6 Å². The monoisotopic (exact) mass is 442 g/mol. The molecule has 1 aliphatic carbocycles. The summed E-state index contributed by atoms with van der Waals surface area (Å²) in [5, 5.41) is 23.8. The summed E-state index contributed by atoms with van der Waals surface area (Å²) in [4.78, 5) is 22.1. The number of nitrogens with zero attached hydrogens (tertiary/aromatic N) is 2. The Morgan fingerprint density at radius 3 is 2.60 bits per heavy atom. The Morgan fingerprint density at radius 2 is 1.97 bits per heavy atom. The van der Waals surface area contributed by atoms with Gasteiger partial charge in [-0.25, -0.2) is 8.42 Å². The molecule has 11 heteroatoms. The zero-order chi connectivity index (χ0) is 22.3. The van der Waals surface area contributed by atoms with Gasteiger partial charge in [0.15, 0.2) is 4.90 Å². The van der Waals surface area contributed by atoms with E-state index in [0.717, 1.165) is 42.1 Å². The largest absolute Gasteiger partial charge is 0.390 e. The summed E-state index contributed by atoms with van der Waals surface area (Å²) in [5.74, 6) is 0.0474. The van der Waals surface area contributed by atoms with Crippen LogP contribution in [0.2, 0.25) is 0 Å². The molecule has 2 atom stereocenters. The van der Waals surface area contributed by atoms with Crippen LogP contribution >= 0.6 is 0 Å². The molecule has 0 aliphatic heterocycles. The molecule has 0 radical (unpaired) electrons. The van der Waals surface area contributed by atoms with E-state index in [1.54, 1.807) is 0 Å². The van der Waals surface area contributed by atoms with Gasteiger partial charge in [0.2, 0.25) is 15.9 Å². The van der Waals surface area contributed by atoms with E-state index in [1.807, 2.05) is 0 Å². The first-order valence-electron chi connectivity index (χ1n) is 10.0. The van der Waals surface area contributed by atoms with Gasteiger partial charge in [-0.05, 0) is 18.4 Å². The van der Waals surface area contributed by atoms with Crippen LogP contribution in [-0.2, 0) is 14.8 Å². The maximum atomic E-state index is 12.7. The standard InChI is InChI=1S/C19H30N4O6S/c1-22(30(28,29)18-10-6-5-9-17(18)23(26)27)13-15(24)12-21-19(25)16(20)11-14-7-3-2-4-8-14/h5-6,9-10,14-16,24H,2-4,7-8,11-13,20H2,1H3,(H,21,25)/t15-,16+/m1/s1. The molecule has 1 aliphatic rings. The van der Waals surface area contributed by atoms with E-state index in [2.05, 4.69) is 5.32 Å². The van der Waals surface area contributed by atoms with Crippen LogP contribution in [0.1, 0.15) is 38.5 Å². The third-order valence-corrected chi connectivity index (χ3v) is 7.25. The number of carbonyl (C=O) groups is 1. The molecule has 1 saturated carbocycles. The minimum atomic E-state index is -4.19. The van der Waals surface area contributed by atoms with Crippen LogP contribution in [0.25, 0.3) is 0 Å². The maximum Gasteiger partial charge on any atom is 0.289 e. The molecular formula is C19H30N4O6S. The zero-order valence-corrected chi connectivity index (χ0v) is 17.9. The number of sulfonamides is 1. The van der Waals surface area contributed by atoms with Crippen molar-refractivity contribution < 1.29 is 23.2 Å². The number of hydrogen-bond donors (Lipinski definition) is 3. The molecule has 1 amide bonds. The van der Waals surface area contributed by atoms with Crippen LogP contribution in [0, 0.1) is 16.0 Å². The van der Waals surface area contributed by atoms with Gasteiger partial charge in [0.1, 0.15) is 0 Å². The number of nitrogens with one attached hydrogen (secondary N) is 1. The van der Waals surface area contributed by atoms with Crippen molar-refractivity contribution in [2.24, 2.45) is 11.7 Å². The highest BCUT2D eigenvalue weighted by Crippen LogP contribution is 2.27. The Hall–Kier alpha value is -2.08. The van der Waals surface area contributed by atoms with Crippen LogP contribution in [0.5, 0.6) is 0 Å². The summed E-state index contributed by atoms with van der Waals surface area (Å²) in [7, 11) is -2.98. The second-order valence-electron chi connectivity index (χ2n) is 7.76. The van der Waals surface area contributed by atoms with Crippen molar-refractivity contribution in [2.45, 2.75) is 55.6 Å². The van der Waals surface area contributed by atoms with E-state index < -0.39 is 37.7 Å². The summed E-state index contributed by atoms with van der Waals surface area (Å²) < 4.78 is 26.2. The summed E-state index contributed by atoms with van der Waals surface area (Å²) in [6.07, 6.45) is 5.05. The number of para-hydroxylation sites is 1. The molecular weight excluding hydrogens is 412 g/mol. The lowest BCUT2D eigenvalue weighted by Gasteiger charge is -2.25. The van der Waals surface area contributed by atoms with Crippen LogP contribution in [0.3, 0.4) is 0 Å². The average Bonchev–Trinajstić information content (AvgIpc) is 2.72. The first kappa shape index (κ1) is 24.2. The number of aliphatic hydroxyl groups is 1. The van der Waals surface area contributed by atoms with Crippen molar-refractivity contribution in [1.29, 1.82) is 0 Å². The minimum Gasteiger partial charge on any atom is -0.390 e. The van der Waals surface area contributed by atoms with Crippen LogP contribution in [0.15, 0.2) is 29.2 Å². The van der Waals surface area contributed by atoms with Crippen molar-refractivity contribution in [3.8, 4) is 0 Å². The molecule has 2 rings (SSSR count). The Labute approximate surface area is 176 Å². The fourth-order valence-corrected chi connectivity index (χ4v) is 5.05. The summed E-state index contributed by atoms with van der Waals surface area (Å²) >= 11 is 0. The van der Waals surface area contributed by atoms with Crippen molar-refractivity contribution in [1.82, 2.24) is 9.62 Å². The van der Waals surface area contributed by atoms with Gasteiger partial charge in [0.05, 0.1) is 17.1 Å². The normalized spacial score (nSPS) is 17.5. The van der Waals surface area contributed by atoms with E-state index >= 15 is 0 Å². The zero-order valence-electron chi connectivity index (χ0n) is 17.1. The van der Waals surface area contributed by atoms with Crippen molar-refractivity contribution in [3.63, 3.8) is 0 Å². The van der Waals surface area contributed by atoms with E-state index in [4.69, 9.17) is 5.73 Å². The number of aliphatic hydroxyl groups excluding tert-OH is 1. The molecule has 0 aromatic heterocycles. The van der Waals surface area contributed by atoms with Crippen LogP contribution in [0.4, 0.5) is 5.69 Å². The van der Waals surface area contributed by atoms with Gasteiger partial charge in [0, 0.05) is 26.2 Å². The number of hydrogen-bond acceptors (Lipinski definition) is 7. The molecule has 0 bridgehead atoms.